The Bertz CT molecular complexity index is 786. The van der Waals surface area contributed by atoms with Crippen molar-refractivity contribution >= 4 is 23.2 Å². The van der Waals surface area contributed by atoms with Crippen LogP contribution in [0.15, 0.2) is 18.2 Å². The Labute approximate surface area is 218 Å². The monoisotopic (exact) mass is 499 g/mol. The number of hydrogen-bond donors (Lipinski definition) is 2. The number of ether oxygens (including phenoxy) is 1. The Morgan fingerprint density at radius 3 is 2.22 bits per heavy atom. The first-order valence-electron chi connectivity index (χ1n) is 14.8. The number of hydrogen-bond acceptors (Lipinski definition) is 4. The summed E-state index contributed by atoms with van der Waals surface area (Å²) in [4.78, 5) is 27.9. The average molecular weight is 500 g/mol. The third kappa shape index (κ3) is 10.1. The molecule has 1 unspecified atom stereocenters. The number of carbonyl (C=O) groups is 2. The van der Waals surface area contributed by atoms with E-state index in [1.807, 2.05) is 18.2 Å². The number of amides is 2. The van der Waals surface area contributed by atoms with Crippen molar-refractivity contribution in [2.75, 3.05) is 36.5 Å². The first-order valence-corrected chi connectivity index (χ1v) is 14.8. The SMILES string of the molecule is CCCCCCCCCCCCCC(=O)Nc1ccc(N2CCCC2)c(C(=O)NCC2CCCO2)c1. The highest BCUT2D eigenvalue weighted by molar-refractivity contribution is 6.02. The van der Waals surface area contributed by atoms with Gasteiger partial charge >= 0.3 is 0 Å². The topological polar surface area (TPSA) is 70.7 Å². The van der Waals surface area contributed by atoms with Crippen LogP contribution in [0, 0.1) is 0 Å². The molecule has 2 saturated heterocycles. The lowest BCUT2D eigenvalue weighted by atomic mass is 10.1. The lowest BCUT2D eigenvalue weighted by Crippen LogP contribution is -2.33. The maximum absolute atomic E-state index is 13.1. The minimum atomic E-state index is -0.0890. The van der Waals surface area contributed by atoms with Gasteiger partial charge in [0.25, 0.3) is 5.91 Å². The number of anilines is 2. The predicted molar refractivity (Wildman–Crippen MR) is 149 cm³/mol. The molecule has 2 heterocycles. The van der Waals surface area contributed by atoms with E-state index in [0.717, 1.165) is 63.9 Å². The third-order valence-corrected chi connectivity index (χ3v) is 7.49. The summed E-state index contributed by atoms with van der Waals surface area (Å²) in [5, 5.41) is 6.08. The van der Waals surface area contributed by atoms with E-state index in [2.05, 4.69) is 22.5 Å². The summed E-state index contributed by atoms with van der Waals surface area (Å²) >= 11 is 0. The van der Waals surface area contributed by atoms with Gasteiger partial charge in [-0.3, -0.25) is 9.59 Å². The minimum absolute atomic E-state index is 0.0329. The Hall–Kier alpha value is -2.08. The lowest BCUT2D eigenvalue weighted by Gasteiger charge is -2.22. The molecule has 2 amide bonds. The van der Waals surface area contributed by atoms with E-state index in [-0.39, 0.29) is 17.9 Å². The van der Waals surface area contributed by atoms with Crippen molar-refractivity contribution in [2.24, 2.45) is 0 Å². The molecule has 2 aliphatic heterocycles. The number of benzene rings is 1. The van der Waals surface area contributed by atoms with Gasteiger partial charge in [0, 0.05) is 44.0 Å². The van der Waals surface area contributed by atoms with Gasteiger partial charge in [0.15, 0.2) is 0 Å². The van der Waals surface area contributed by atoms with Gasteiger partial charge < -0.3 is 20.3 Å². The van der Waals surface area contributed by atoms with E-state index < -0.39 is 0 Å². The second-order valence-corrected chi connectivity index (χ2v) is 10.6. The Morgan fingerprint density at radius 1 is 0.917 bits per heavy atom. The molecule has 0 bridgehead atoms. The van der Waals surface area contributed by atoms with E-state index in [1.165, 1.54) is 57.8 Å². The lowest BCUT2D eigenvalue weighted by molar-refractivity contribution is -0.116. The summed E-state index contributed by atoms with van der Waals surface area (Å²) in [5.74, 6) is -0.0561. The van der Waals surface area contributed by atoms with Crippen molar-refractivity contribution in [2.45, 2.75) is 116 Å². The van der Waals surface area contributed by atoms with Crippen LogP contribution in [0.4, 0.5) is 11.4 Å². The zero-order valence-corrected chi connectivity index (χ0v) is 22.6. The first kappa shape index (κ1) is 28.5. The quantitative estimate of drug-likeness (QED) is 0.230. The molecular weight excluding hydrogens is 450 g/mol. The summed E-state index contributed by atoms with van der Waals surface area (Å²) in [6.45, 7) is 5.51. The fraction of sp³-hybridized carbons (Fsp3) is 0.733. The molecule has 1 aromatic carbocycles. The molecule has 6 nitrogen and oxygen atoms in total. The van der Waals surface area contributed by atoms with Crippen LogP contribution in [0.1, 0.15) is 120 Å². The van der Waals surface area contributed by atoms with Gasteiger partial charge in [-0.15, -0.1) is 0 Å². The summed E-state index contributed by atoms with van der Waals surface area (Å²) < 4.78 is 5.66. The highest BCUT2D eigenvalue weighted by Crippen LogP contribution is 2.28. The molecule has 0 spiro atoms. The maximum Gasteiger partial charge on any atom is 0.253 e. The van der Waals surface area contributed by atoms with Crippen LogP contribution in [0.2, 0.25) is 0 Å². The van der Waals surface area contributed by atoms with Crippen molar-refractivity contribution in [3.8, 4) is 0 Å². The highest BCUT2D eigenvalue weighted by atomic mass is 16.5. The van der Waals surface area contributed by atoms with Crippen LogP contribution in [0.25, 0.3) is 0 Å². The van der Waals surface area contributed by atoms with Crippen LogP contribution in [0.3, 0.4) is 0 Å². The summed E-state index contributed by atoms with van der Waals surface area (Å²) in [6, 6.07) is 5.77. The standard InChI is InChI=1S/C30H49N3O3/c1-2-3-4-5-6-7-8-9-10-11-12-17-29(34)32-25-18-19-28(33-20-13-14-21-33)27(23-25)30(35)31-24-26-16-15-22-36-26/h18-19,23,26H,2-17,20-22,24H2,1H3,(H,31,35)(H,32,34). The molecular formula is C30H49N3O3. The maximum atomic E-state index is 13.1. The average Bonchev–Trinajstić information content (AvgIpc) is 3.60. The second kappa shape index (κ2) is 16.6. The fourth-order valence-electron chi connectivity index (χ4n) is 5.31. The Balaban J connectivity index is 1.40. The summed E-state index contributed by atoms with van der Waals surface area (Å²) in [5.41, 5.74) is 2.30. The molecule has 2 fully saturated rings. The Morgan fingerprint density at radius 2 is 1.58 bits per heavy atom. The first-order chi connectivity index (χ1) is 17.7. The number of nitrogens with one attached hydrogen (secondary N) is 2. The van der Waals surface area contributed by atoms with Gasteiger partial charge in [-0.2, -0.15) is 0 Å². The number of unbranched alkanes of at least 4 members (excludes halogenated alkanes) is 10. The van der Waals surface area contributed by atoms with Crippen molar-refractivity contribution in [1.29, 1.82) is 0 Å². The van der Waals surface area contributed by atoms with Gasteiger partial charge in [0.2, 0.25) is 5.91 Å². The van der Waals surface area contributed by atoms with Crippen molar-refractivity contribution < 1.29 is 14.3 Å². The summed E-state index contributed by atoms with van der Waals surface area (Å²) in [6.07, 6.45) is 19.0. The number of rotatable bonds is 17. The zero-order chi connectivity index (χ0) is 25.4. The molecule has 0 radical (unpaired) electrons. The van der Waals surface area contributed by atoms with E-state index in [1.54, 1.807) is 0 Å². The van der Waals surface area contributed by atoms with Gasteiger partial charge in [-0.25, -0.2) is 0 Å². The normalized spacial score (nSPS) is 17.5. The van der Waals surface area contributed by atoms with E-state index in [0.29, 0.717) is 24.2 Å². The Kier molecular flexibility index (Phi) is 13.2. The molecule has 2 N–H and O–H groups in total. The van der Waals surface area contributed by atoms with Crippen LogP contribution in [-0.4, -0.2) is 44.2 Å². The molecule has 1 atom stereocenters. The molecule has 3 rings (SSSR count). The van der Waals surface area contributed by atoms with Crippen molar-refractivity contribution in [3.05, 3.63) is 23.8 Å². The number of carbonyl (C=O) groups excluding carboxylic acids is 2. The van der Waals surface area contributed by atoms with E-state index in [9.17, 15) is 9.59 Å². The molecule has 1 aromatic rings. The van der Waals surface area contributed by atoms with E-state index in [4.69, 9.17) is 4.74 Å². The predicted octanol–water partition coefficient (Wildman–Crippen LogP) is 6.84. The van der Waals surface area contributed by atoms with Crippen molar-refractivity contribution in [3.63, 3.8) is 0 Å². The fourth-order valence-corrected chi connectivity index (χ4v) is 5.31. The zero-order valence-electron chi connectivity index (χ0n) is 22.6. The largest absolute Gasteiger partial charge is 0.376 e. The summed E-state index contributed by atoms with van der Waals surface area (Å²) in [7, 11) is 0. The smallest absolute Gasteiger partial charge is 0.253 e. The molecule has 0 saturated carbocycles. The molecule has 36 heavy (non-hydrogen) atoms. The van der Waals surface area contributed by atoms with E-state index >= 15 is 0 Å². The van der Waals surface area contributed by atoms with Crippen LogP contribution in [-0.2, 0) is 9.53 Å². The molecule has 6 heteroatoms. The van der Waals surface area contributed by atoms with Gasteiger partial charge in [-0.1, -0.05) is 71.1 Å². The van der Waals surface area contributed by atoms with Gasteiger partial charge in [0.05, 0.1) is 11.7 Å². The number of nitrogens with zero attached hydrogens (tertiary/aromatic N) is 1. The molecule has 0 aromatic heterocycles. The molecule has 0 aliphatic carbocycles. The van der Waals surface area contributed by atoms with Crippen LogP contribution in [0.5, 0.6) is 0 Å². The van der Waals surface area contributed by atoms with Gasteiger partial charge in [-0.05, 0) is 50.3 Å². The van der Waals surface area contributed by atoms with Crippen LogP contribution >= 0.6 is 0 Å². The van der Waals surface area contributed by atoms with Crippen molar-refractivity contribution in [1.82, 2.24) is 5.32 Å². The van der Waals surface area contributed by atoms with Crippen LogP contribution < -0.4 is 15.5 Å². The second-order valence-electron chi connectivity index (χ2n) is 10.6. The van der Waals surface area contributed by atoms with Gasteiger partial charge in [0.1, 0.15) is 0 Å². The minimum Gasteiger partial charge on any atom is -0.376 e. The molecule has 2 aliphatic rings. The highest BCUT2D eigenvalue weighted by Gasteiger charge is 2.22. The molecule has 202 valence electrons. The third-order valence-electron chi connectivity index (χ3n) is 7.49.